The zero-order chi connectivity index (χ0) is 14.1. The van der Waals surface area contributed by atoms with Crippen molar-refractivity contribution in [1.82, 2.24) is 10.3 Å². The van der Waals surface area contributed by atoms with Crippen molar-refractivity contribution in [3.8, 4) is 5.75 Å². The van der Waals surface area contributed by atoms with Gasteiger partial charge in [-0.25, -0.2) is 0 Å². The molecule has 1 heterocycles. The summed E-state index contributed by atoms with van der Waals surface area (Å²) in [6, 6.07) is 4.22. The minimum absolute atomic E-state index is 0.293. The summed E-state index contributed by atoms with van der Waals surface area (Å²) in [6.45, 7) is 7.61. The molecule has 0 fully saturated rings. The Hall–Kier alpha value is -1.09. The van der Waals surface area contributed by atoms with E-state index in [0.29, 0.717) is 12.0 Å². The second-order valence-electron chi connectivity index (χ2n) is 4.96. The Balaban J connectivity index is 3.02. The fourth-order valence-electron chi connectivity index (χ4n) is 2.73. The van der Waals surface area contributed by atoms with Crippen LogP contribution in [0.4, 0.5) is 0 Å². The first kappa shape index (κ1) is 16.0. The van der Waals surface area contributed by atoms with Gasteiger partial charge >= 0.3 is 0 Å². The molecular formula is C16H28N2O. The summed E-state index contributed by atoms with van der Waals surface area (Å²) in [4.78, 5) is 4.57. The van der Waals surface area contributed by atoms with E-state index in [-0.39, 0.29) is 0 Å². The normalized spacial score (nSPS) is 12.7. The zero-order valence-corrected chi connectivity index (χ0v) is 12.8. The minimum atomic E-state index is 0.293. The Morgan fingerprint density at radius 1 is 1.21 bits per heavy atom. The van der Waals surface area contributed by atoms with Gasteiger partial charge in [0, 0.05) is 6.20 Å². The van der Waals surface area contributed by atoms with E-state index in [1.807, 2.05) is 18.3 Å². The van der Waals surface area contributed by atoms with Crippen molar-refractivity contribution in [2.75, 3.05) is 13.7 Å². The molecule has 1 atom stereocenters. The molecular weight excluding hydrogens is 236 g/mol. The molecule has 0 bridgehead atoms. The van der Waals surface area contributed by atoms with Gasteiger partial charge in [-0.15, -0.1) is 0 Å². The molecule has 1 aromatic rings. The Labute approximate surface area is 117 Å². The number of aromatic nitrogens is 1. The molecule has 0 radical (unpaired) electrons. The summed E-state index contributed by atoms with van der Waals surface area (Å²) in [5.41, 5.74) is 1.05. The molecule has 0 aliphatic carbocycles. The van der Waals surface area contributed by atoms with Gasteiger partial charge in [0.15, 0.2) is 0 Å². The first-order valence-electron chi connectivity index (χ1n) is 7.50. The molecule has 0 aliphatic heterocycles. The molecule has 0 spiro atoms. The van der Waals surface area contributed by atoms with Gasteiger partial charge in [-0.3, -0.25) is 4.98 Å². The Morgan fingerprint density at radius 3 is 2.42 bits per heavy atom. The Kier molecular flexibility index (Phi) is 7.49. The van der Waals surface area contributed by atoms with Crippen molar-refractivity contribution >= 4 is 0 Å². The maximum atomic E-state index is 5.48. The van der Waals surface area contributed by atoms with Crippen LogP contribution < -0.4 is 10.1 Å². The lowest BCUT2D eigenvalue weighted by Crippen LogP contribution is -2.29. The van der Waals surface area contributed by atoms with E-state index < -0.39 is 0 Å². The summed E-state index contributed by atoms with van der Waals surface area (Å²) < 4.78 is 5.48. The molecule has 1 rings (SSSR count). The molecule has 0 aliphatic rings. The minimum Gasteiger partial charge on any atom is -0.495 e. The van der Waals surface area contributed by atoms with E-state index in [0.717, 1.165) is 18.0 Å². The van der Waals surface area contributed by atoms with E-state index in [2.05, 4.69) is 31.1 Å². The standard InChI is InChI=1S/C16H28N2O/c1-5-9-13(10-6-2)15(17-7-3)16-14(19-4)11-8-12-18-16/h8,11-13,15,17H,5-7,9-10H2,1-4H3. The van der Waals surface area contributed by atoms with Crippen LogP contribution in [0.5, 0.6) is 5.75 Å². The van der Waals surface area contributed by atoms with Crippen molar-refractivity contribution in [2.45, 2.75) is 52.5 Å². The predicted molar refractivity (Wildman–Crippen MR) is 80.5 cm³/mol. The molecule has 1 aromatic heterocycles. The van der Waals surface area contributed by atoms with Gasteiger partial charge in [-0.2, -0.15) is 0 Å². The zero-order valence-electron chi connectivity index (χ0n) is 12.8. The number of rotatable bonds is 9. The predicted octanol–water partition coefficient (Wildman–Crippen LogP) is 3.96. The number of hydrogen-bond acceptors (Lipinski definition) is 3. The van der Waals surface area contributed by atoms with Crippen molar-refractivity contribution in [3.05, 3.63) is 24.0 Å². The molecule has 19 heavy (non-hydrogen) atoms. The molecule has 3 nitrogen and oxygen atoms in total. The van der Waals surface area contributed by atoms with Gasteiger partial charge in [0.05, 0.1) is 18.8 Å². The van der Waals surface area contributed by atoms with Gasteiger partial charge in [0.25, 0.3) is 0 Å². The van der Waals surface area contributed by atoms with Gasteiger partial charge in [-0.05, 0) is 37.4 Å². The van der Waals surface area contributed by atoms with Crippen LogP contribution in [0, 0.1) is 5.92 Å². The third-order valence-corrected chi connectivity index (χ3v) is 3.53. The highest BCUT2D eigenvalue weighted by molar-refractivity contribution is 5.30. The molecule has 0 saturated heterocycles. The van der Waals surface area contributed by atoms with Crippen LogP contribution in [0.1, 0.15) is 58.2 Å². The van der Waals surface area contributed by atoms with E-state index >= 15 is 0 Å². The summed E-state index contributed by atoms with van der Waals surface area (Å²) in [5, 5.41) is 3.60. The highest BCUT2D eigenvalue weighted by atomic mass is 16.5. The van der Waals surface area contributed by atoms with Gasteiger partial charge < -0.3 is 10.1 Å². The van der Waals surface area contributed by atoms with E-state index in [9.17, 15) is 0 Å². The first-order valence-corrected chi connectivity index (χ1v) is 7.50. The Bertz CT molecular complexity index is 348. The number of ether oxygens (including phenoxy) is 1. The molecule has 1 N–H and O–H groups in total. The van der Waals surface area contributed by atoms with Crippen molar-refractivity contribution in [1.29, 1.82) is 0 Å². The highest BCUT2D eigenvalue weighted by Crippen LogP contribution is 2.33. The summed E-state index contributed by atoms with van der Waals surface area (Å²) in [7, 11) is 1.72. The Morgan fingerprint density at radius 2 is 1.89 bits per heavy atom. The lowest BCUT2D eigenvalue weighted by atomic mass is 9.88. The smallest absolute Gasteiger partial charge is 0.141 e. The first-order chi connectivity index (χ1) is 9.28. The largest absolute Gasteiger partial charge is 0.495 e. The maximum absolute atomic E-state index is 5.48. The van der Waals surface area contributed by atoms with Gasteiger partial charge in [0.2, 0.25) is 0 Å². The fraction of sp³-hybridized carbons (Fsp3) is 0.688. The van der Waals surface area contributed by atoms with Gasteiger partial charge in [-0.1, -0.05) is 33.6 Å². The average Bonchev–Trinajstić information content (AvgIpc) is 2.44. The van der Waals surface area contributed by atoms with Crippen LogP contribution in [0.3, 0.4) is 0 Å². The topological polar surface area (TPSA) is 34.2 Å². The second-order valence-corrected chi connectivity index (χ2v) is 4.96. The lowest BCUT2D eigenvalue weighted by Gasteiger charge is -2.28. The third kappa shape index (κ3) is 4.50. The molecule has 1 unspecified atom stereocenters. The van der Waals surface area contributed by atoms with Crippen LogP contribution in [-0.2, 0) is 0 Å². The number of hydrogen-bond donors (Lipinski definition) is 1. The number of methoxy groups -OCH3 is 1. The van der Waals surface area contributed by atoms with Crippen molar-refractivity contribution in [2.24, 2.45) is 5.92 Å². The molecule has 108 valence electrons. The molecule has 3 heteroatoms. The van der Waals surface area contributed by atoms with Crippen molar-refractivity contribution in [3.63, 3.8) is 0 Å². The van der Waals surface area contributed by atoms with Crippen molar-refractivity contribution < 1.29 is 4.74 Å². The maximum Gasteiger partial charge on any atom is 0.141 e. The van der Waals surface area contributed by atoms with Crippen LogP contribution in [-0.4, -0.2) is 18.6 Å². The molecule has 0 saturated carbocycles. The fourth-order valence-corrected chi connectivity index (χ4v) is 2.73. The third-order valence-electron chi connectivity index (χ3n) is 3.53. The average molecular weight is 264 g/mol. The molecule has 0 amide bonds. The van der Waals surface area contributed by atoms with E-state index in [1.54, 1.807) is 7.11 Å². The summed E-state index contributed by atoms with van der Waals surface area (Å²) >= 11 is 0. The van der Waals surface area contributed by atoms with E-state index in [4.69, 9.17) is 4.74 Å². The van der Waals surface area contributed by atoms with Crippen LogP contribution in [0.15, 0.2) is 18.3 Å². The quantitative estimate of drug-likeness (QED) is 0.733. The summed E-state index contributed by atoms with van der Waals surface area (Å²) in [5.74, 6) is 1.52. The van der Waals surface area contributed by atoms with Gasteiger partial charge in [0.1, 0.15) is 5.75 Å². The number of pyridine rings is 1. The second kappa shape index (κ2) is 8.92. The monoisotopic (exact) mass is 264 g/mol. The number of nitrogens with one attached hydrogen (secondary N) is 1. The van der Waals surface area contributed by atoms with Crippen LogP contribution in [0.25, 0.3) is 0 Å². The van der Waals surface area contributed by atoms with Crippen LogP contribution in [0.2, 0.25) is 0 Å². The molecule has 0 aromatic carbocycles. The van der Waals surface area contributed by atoms with Crippen LogP contribution >= 0.6 is 0 Å². The van der Waals surface area contributed by atoms with E-state index in [1.165, 1.54) is 25.7 Å². The number of nitrogens with zero attached hydrogens (tertiary/aromatic N) is 1. The SMILES string of the molecule is CCCC(CCC)C(NCC)c1ncccc1OC. The summed E-state index contributed by atoms with van der Waals surface area (Å²) in [6.07, 6.45) is 6.73. The lowest BCUT2D eigenvalue weighted by molar-refractivity contribution is 0.302. The highest BCUT2D eigenvalue weighted by Gasteiger charge is 2.25.